The molecule has 2 aliphatic carbocycles. The third kappa shape index (κ3) is 4.93. The van der Waals surface area contributed by atoms with Crippen molar-refractivity contribution >= 4 is 0 Å². The highest BCUT2D eigenvalue weighted by atomic mass is 14.4. The SMILES string of the molecule is CC=CCCC1CCC(C2CCC(CCC)CC2)CC1. The zero-order valence-electron chi connectivity index (χ0n) is 13.9. The van der Waals surface area contributed by atoms with Crippen LogP contribution in [0.4, 0.5) is 0 Å². The molecule has 0 aliphatic heterocycles. The van der Waals surface area contributed by atoms with Gasteiger partial charge in [0.2, 0.25) is 0 Å². The molecule has 0 spiro atoms. The first-order valence-electron chi connectivity index (χ1n) is 9.44. The largest absolute Gasteiger partial charge is 0.0917 e. The molecule has 0 N–H and O–H groups in total. The summed E-state index contributed by atoms with van der Waals surface area (Å²) in [5, 5.41) is 0. The molecule has 0 radical (unpaired) electrons. The van der Waals surface area contributed by atoms with Crippen molar-refractivity contribution in [2.75, 3.05) is 0 Å². The standard InChI is InChI=1S/C20H36/c1-3-5-6-8-18-11-15-20(16-12-18)19-13-9-17(7-4-2)10-14-19/h3,5,17-20H,4,6-16H2,1-2H3. The van der Waals surface area contributed by atoms with Crippen molar-refractivity contribution in [3.8, 4) is 0 Å². The Labute approximate surface area is 127 Å². The third-order valence-corrected chi connectivity index (χ3v) is 6.12. The summed E-state index contributed by atoms with van der Waals surface area (Å²) in [7, 11) is 0. The zero-order valence-corrected chi connectivity index (χ0v) is 13.9. The van der Waals surface area contributed by atoms with E-state index in [9.17, 15) is 0 Å². The van der Waals surface area contributed by atoms with Gasteiger partial charge in [-0.15, -0.1) is 0 Å². The normalized spacial score (nSPS) is 35.5. The molecule has 2 fully saturated rings. The molecule has 20 heavy (non-hydrogen) atoms. The molecular weight excluding hydrogens is 240 g/mol. The molecule has 0 aromatic rings. The van der Waals surface area contributed by atoms with Gasteiger partial charge in [-0.1, -0.05) is 57.6 Å². The average molecular weight is 277 g/mol. The van der Waals surface area contributed by atoms with E-state index in [-0.39, 0.29) is 0 Å². The van der Waals surface area contributed by atoms with Gasteiger partial charge in [0.15, 0.2) is 0 Å². The minimum absolute atomic E-state index is 1.04. The molecule has 116 valence electrons. The van der Waals surface area contributed by atoms with Gasteiger partial charge in [0, 0.05) is 0 Å². The summed E-state index contributed by atoms with van der Waals surface area (Å²) in [5.41, 5.74) is 0. The van der Waals surface area contributed by atoms with E-state index in [0.29, 0.717) is 0 Å². The predicted molar refractivity (Wildman–Crippen MR) is 89.9 cm³/mol. The van der Waals surface area contributed by atoms with E-state index in [0.717, 1.165) is 23.7 Å². The number of rotatable bonds is 6. The van der Waals surface area contributed by atoms with Crippen LogP contribution in [0.25, 0.3) is 0 Å². The van der Waals surface area contributed by atoms with Crippen LogP contribution in [0, 0.1) is 23.7 Å². The summed E-state index contributed by atoms with van der Waals surface area (Å²) in [6.45, 7) is 4.49. The molecule has 0 bridgehead atoms. The first kappa shape index (κ1) is 16.1. The van der Waals surface area contributed by atoms with Gasteiger partial charge in [-0.3, -0.25) is 0 Å². The molecule has 0 aromatic carbocycles. The molecule has 0 heteroatoms. The molecule has 0 amide bonds. The summed E-state index contributed by atoms with van der Waals surface area (Å²) in [6, 6.07) is 0. The van der Waals surface area contributed by atoms with E-state index in [4.69, 9.17) is 0 Å². The van der Waals surface area contributed by atoms with Crippen LogP contribution in [0.1, 0.15) is 90.9 Å². The predicted octanol–water partition coefficient (Wildman–Crippen LogP) is 6.76. The van der Waals surface area contributed by atoms with Crippen molar-refractivity contribution in [3.63, 3.8) is 0 Å². The first-order valence-corrected chi connectivity index (χ1v) is 9.44. The van der Waals surface area contributed by atoms with E-state index in [1.807, 2.05) is 0 Å². The van der Waals surface area contributed by atoms with Crippen LogP contribution in [0.15, 0.2) is 12.2 Å². The Morgan fingerprint density at radius 1 is 0.750 bits per heavy atom. The first-order chi connectivity index (χ1) is 9.83. The van der Waals surface area contributed by atoms with Gasteiger partial charge in [-0.05, 0) is 69.1 Å². The van der Waals surface area contributed by atoms with Crippen LogP contribution in [0.5, 0.6) is 0 Å². The van der Waals surface area contributed by atoms with E-state index in [1.165, 1.54) is 38.5 Å². The molecule has 0 atom stereocenters. The molecule has 0 aromatic heterocycles. The van der Waals surface area contributed by atoms with Crippen molar-refractivity contribution in [3.05, 3.63) is 12.2 Å². The van der Waals surface area contributed by atoms with Crippen LogP contribution < -0.4 is 0 Å². The molecule has 0 unspecified atom stereocenters. The van der Waals surface area contributed by atoms with Crippen molar-refractivity contribution in [2.45, 2.75) is 90.9 Å². The van der Waals surface area contributed by atoms with E-state index < -0.39 is 0 Å². The lowest BCUT2D eigenvalue weighted by Crippen LogP contribution is -2.25. The lowest BCUT2D eigenvalue weighted by atomic mass is 9.68. The average Bonchev–Trinajstić information content (AvgIpc) is 2.49. The monoisotopic (exact) mass is 276 g/mol. The fourth-order valence-corrected chi connectivity index (χ4v) is 4.80. The fourth-order valence-electron chi connectivity index (χ4n) is 4.80. The van der Waals surface area contributed by atoms with Crippen molar-refractivity contribution in [2.24, 2.45) is 23.7 Å². The van der Waals surface area contributed by atoms with Gasteiger partial charge in [0.1, 0.15) is 0 Å². The third-order valence-electron chi connectivity index (χ3n) is 6.12. The maximum atomic E-state index is 2.35. The fraction of sp³-hybridized carbons (Fsp3) is 0.900. The number of hydrogen-bond donors (Lipinski definition) is 0. The van der Waals surface area contributed by atoms with Gasteiger partial charge in [0.05, 0.1) is 0 Å². The Morgan fingerprint density at radius 2 is 1.25 bits per heavy atom. The highest BCUT2D eigenvalue weighted by Crippen LogP contribution is 2.42. The summed E-state index contributed by atoms with van der Waals surface area (Å²) in [5.74, 6) is 4.31. The molecular formula is C20H36. The second-order valence-electron chi connectivity index (χ2n) is 7.50. The topological polar surface area (TPSA) is 0 Å². The van der Waals surface area contributed by atoms with Gasteiger partial charge in [-0.2, -0.15) is 0 Å². The van der Waals surface area contributed by atoms with E-state index >= 15 is 0 Å². The zero-order chi connectivity index (χ0) is 14.2. The molecule has 0 nitrogen and oxygen atoms in total. The second kappa shape index (κ2) is 8.90. The highest BCUT2D eigenvalue weighted by molar-refractivity contribution is 4.84. The molecule has 2 aliphatic rings. The highest BCUT2D eigenvalue weighted by Gasteiger charge is 2.30. The van der Waals surface area contributed by atoms with E-state index in [2.05, 4.69) is 26.0 Å². The van der Waals surface area contributed by atoms with E-state index in [1.54, 1.807) is 38.5 Å². The Hall–Kier alpha value is -0.260. The van der Waals surface area contributed by atoms with Gasteiger partial charge in [-0.25, -0.2) is 0 Å². The van der Waals surface area contributed by atoms with Crippen LogP contribution in [0.3, 0.4) is 0 Å². The summed E-state index contributed by atoms with van der Waals surface area (Å²) >= 11 is 0. The molecule has 0 heterocycles. The second-order valence-corrected chi connectivity index (χ2v) is 7.50. The summed E-state index contributed by atoms with van der Waals surface area (Å²) in [4.78, 5) is 0. The Morgan fingerprint density at radius 3 is 1.70 bits per heavy atom. The van der Waals surface area contributed by atoms with Crippen LogP contribution in [0.2, 0.25) is 0 Å². The van der Waals surface area contributed by atoms with Crippen molar-refractivity contribution in [1.29, 1.82) is 0 Å². The smallest absolute Gasteiger partial charge is 0.0348 e. The molecule has 2 saturated carbocycles. The summed E-state index contributed by atoms with van der Waals surface area (Å²) < 4.78 is 0. The number of hydrogen-bond acceptors (Lipinski definition) is 0. The van der Waals surface area contributed by atoms with Gasteiger partial charge >= 0.3 is 0 Å². The van der Waals surface area contributed by atoms with Crippen molar-refractivity contribution < 1.29 is 0 Å². The Kier molecular flexibility index (Phi) is 7.17. The minimum Gasteiger partial charge on any atom is -0.0917 e. The number of allylic oxidation sites excluding steroid dienone is 2. The lowest BCUT2D eigenvalue weighted by molar-refractivity contribution is 0.141. The quantitative estimate of drug-likeness (QED) is 0.470. The Balaban J connectivity index is 1.64. The molecule has 2 rings (SSSR count). The minimum atomic E-state index is 1.04. The maximum Gasteiger partial charge on any atom is -0.0348 e. The lowest BCUT2D eigenvalue weighted by Gasteiger charge is -2.38. The van der Waals surface area contributed by atoms with Crippen LogP contribution in [-0.4, -0.2) is 0 Å². The van der Waals surface area contributed by atoms with Crippen molar-refractivity contribution in [1.82, 2.24) is 0 Å². The van der Waals surface area contributed by atoms with Gasteiger partial charge < -0.3 is 0 Å². The Bertz CT molecular complexity index is 262. The summed E-state index contributed by atoms with van der Waals surface area (Å²) in [6.07, 6.45) is 22.5. The van der Waals surface area contributed by atoms with Crippen LogP contribution >= 0.6 is 0 Å². The van der Waals surface area contributed by atoms with Gasteiger partial charge in [0.25, 0.3) is 0 Å². The maximum absolute atomic E-state index is 2.35. The molecule has 0 saturated heterocycles. The van der Waals surface area contributed by atoms with Crippen LogP contribution in [-0.2, 0) is 0 Å².